The number of aromatic nitrogens is 2. The highest BCUT2D eigenvalue weighted by molar-refractivity contribution is 7.13. The van der Waals surface area contributed by atoms with Crippen LogP contribution in [0, 0.1) is 6.92 Å². The van der Waals surface area contributed by atoms with Gasteiger partial charge < -0.3 is 15.0 Å². The molecule has 2 aromatic carbocycles. The molecule has 1 atom stereocenters. The van der Waals surface area contributed by atoms with Gasteiger partial charge in [-0.05, 0) is 44.0 Å². The van der Waals surface area contributed by atoms with E-state index >= 15 is 0 Å². The first-order valence-electron chi connectivity index (χ1n) is 9.79. The maximum Gasteiger partial charge on any atom is 0.286 e. The Morgan fingerprint density at radius 3 is 2.67 bits per heavy atom. The second kappa shape index (κ2) is 9.04. The van der Waals surface area contributed by atoms with E-state index in [0.29, 0.717) is 23.0 Å². The molecule has 2 heterocycles. The molecule has 4 rings (SSSR count). The summed E-state index contributed by atoms with van der Waals surface area (Å²) in [5.41, 5.74) is 1.83. The number of hydrogen-bond acceptors (Lipinski definition) is 6. The Morgan fingerprint density at radius 1 is 1.13 bits per heavy atom. The number of aryl methyl sites for hydroxylation is 1. The number of nitrogens with zero attached hydrogens (tertiary/aromatic N) is 3. The van der Waals surface area contributed by atoms with Crippen molar-refractivity contribution in [3.8, 4) is 5.75 Å². The standard InChI is InChI=1S/C22H22N4O3S/c1-15-9-11-16(12-10-15)23-20(28)22-25-24-21(30-22)18-8-5-13-26(18)19(27)14-29-17-6-3-2-4-7-17/h2-4,6-7,9-12,18H,5,8,13-14H2,1H3,(H,23,28)/t18-/m1/s1. The van der Waals surface area contributed by atoms with E-state index in [2.05, 4.69) is 15.5 Å². The van der Waals surface area contributed by atoms with E-state index in [-0.39, 0.29) is 29.5 Å². The fraction of sp³-hybridized carbons (Fsp3) is 0.273. The number of rotatable bonds is 6. The highest BCUT2D eigenvalue weighted by Crippen LogP contribution is 2.33. The Hall–Kier alpha value is -3.26. The lowest BCUT2D eigenvalue weighted by atomic mass is 10.2. The van der Waals surface area contributed by atoms with Crippen molar-refractivity contribution in [3.63, 3.8) is 0 Å². The molecule has 154 valence electrons. The molecular weight excluding hydrogens is 400 g/mol. The number of anilines is 1. The average Bonchev–Trinajstić information content (AvgIpc) is 3.44. The third-order valence-corrected chi connectivity index (χ3v) is 5.93. The van der Waals surface area contributed by atoms with Crippen LogP contribution >= 0.6 is 11.3 Å². The second-order valence-corrected chi connectivity index (χ2v) is 8.12. The summed E-state index contributed by atoms with van der Waals surface area (Å²) >= 11 is 1.23. The van der Waals surface area contributed by atoms with Crippen LogP contribution in [0.25, 0.3) is 0 Å². The van der Waals surface area contributed by atoms with Gasteiger partial charge in [0.15, 0.2) is 6.61 Å². The minimum atomic E-state index is -0.300. The van der Waals surface area contributed by atoms with Crippen LogP contribution in [0.1, 0.15) is 39.3 Å². The lowest BCUT2D eigenvalue weighted by Crippen LogP contribution is -2.34. The third kappa shape index (κ3) is 4.65. The minimum absolute atomic E-state index is 0.0277. The summed E-state index contributed by atoms with van der Waals surface area (Å²) in [7, 11) is 0. The molecule has 30 heavy (non-hydrogen) atoms. The van der Waals surface area contributed by atoms with Gasteiger partial charge in [0.05, 0.1) is 6.04 Å². The van der Waals surface area contributed by atoms with Gasteiger partial charge in [0.25, 0.3) is 11.8 Å². The maximum absolute atomic E-state index is 12.7. The van der Waals surface area contributed by atoms with Gasteiger partial charge in [0.2, 0.25) is 5.01 Å². The van der Waals surface area contributed by atoms with Crippen LogP contribution in [0.5, 0.6) is 5.75 Å². The molecular formula is C22H22N4O3S. The van der Waals surface area contributed by atoms with Crippen LogP contribution < -0.4 is 10.1 Å². The number of benzene rings is 2. The van der Waals surface area contributed by atoms with Gasteiger partial charge in [-0.3, -0.25) is 9.59 Å². The van der Waals surface area contributed by atoms with Crippen LogP contribution in [-0.4, -0.2) is 40.1 Å². The Balaban J connectivity index is 1.39. The summed E-state index contributed by atoms with van der Waals surface area (Å²) < 4.78 is 5.59. The van der Waals surface area contributed by atoms with E-state index in [1.165, 1.54) is 11.3 Å². The molecule has 0 spiro atoms. The molecule has 1 aliphatic heterocycles. The number of carbonyl (C=O) groups is 2. The highest BCUT2D eigenvalue weighted by atomic mass is 32.1. The zero-order valence-electron chi connectivity index (χ0n) is 16.6. The predicted octanol–water partition coefficient (Wildman–Crippen LogP) is 3.84. The molecule has 1 N–H and O–H groups in total. The zero-order valence-corrected chi connectivity index (χ0v) is 17.4. The van der Waals surface area contributed by atoms with Gasteiger partial charge in [-0.15, -0.1) is 10.2 Å². The quantitative estimate of drug-likeness (QED) is 0.652. The average molecular weight is 423 g/mol. The van der Waals surface area contributed by atoms with Crippen LogP contribution in [-0.2, 0) is 4.79 Å². The molecule has 1 aliphatic rings. The first-order chi connectivity index (χ1) is 14.6. The van der Waals surface area contributed by atoms with Gasteiger partial charge in [0, 0.05) is 12.2 Å². The number of nitrogens with one attached hydrogen (secondary N) is 1. The summed E-state index contributed by atoms with van der Waals surface area (Å²) in [6.45, 7) is 2.61. The van der Waals surface area contributed by atoms with E-state index in [1.54, 1.807) is 4.90 Å². The van der Waals surface area contributed by atoms with Crippen molar-refractivity contribution in [2.24, 2.45) is 0 Å². The van der Waals surface area contributed by atoms with Crippen molar-refractivity contribution >= 4 is 28.8 Å². The molecule has 3 aromatic rings. The van der Waals surface area contributed by atoms with Gasteiger partial charge in [-0.1, -0.05) is 47.2 Å². The fourth-order valence-corrected chi connectivity index (χ4v) is 4.24. The molecule has 0 aliphatic carbocycles. The number of amides is 2. The van der Waals surface area contributed by atoms with Crippen LogP contribution in [0.15, 0.2) is 54.6 Å². The SMILES string of the molecule is Cc1ccc(NC(=O)c2nnc([C@H]3CCCN3C(=O)COc3ccccc3)s2)cc1. The van der Waals surface area contributed by atoms with Gasteiger partial charge in [-0.2, -0.15) is 0 Å². The summed E-state index contributed by atoms with van der Waals surface area (Å²) in [5.74, 6) is 0.265. The summed E-state index contributed by atoms with van der Waals surface area (Å²) in [4.78, 5) is 27.0. The number of carbonyl (C=O) groups excluding carboxylic acids is 2. The van der Waals surface area contributed by atoms with Crippen molar-refractivity contribution < 1.29 is 14.3 Å². The van der Waals surface area contributed by atoms with E-state index in [0.717, 1.165) is 18.4 Å². The molecule has 0 radical (unpaired) electrons. The van der Waals surface area contributed by atoms with Gasteiger partial charge in [-0.25, -0.2) is 0 Å². The molecule has 0 unspecified atom stereocenters. The Labute approximate surface area is 178 Å². The number of hydrogen-bond donors (Lipinski definition) is 1. The first-order valence-corrected chi connectivity index (χ1v) is 10.6. The van der Waals surface area contributed by atoms with E-state index in [9.17, 15) is 9.59 Å². The molecule has 0 saturated carbocycles. The Bertz CT molecular complexity index is 1020. The summed E-state index contributed by atoms with van der Waals surface area (Å²) in [6.07, 6.45) is 1.68. The van der Waals surface area contributed by atoms with Crippen LogP contribution in [0.2, 0.25) is 0 Å². The van der Waals surface area contributed by atoms with E-state index in [4.69, 9.17) is 4.74 Å². The van der Waals surface area contributed by atoms with E-state index < -0.39 is 0 Å². The zero-order chi connectivity index (χ0) is 20.9. The van der Waals surface area contributed by atoms with Gasteiger partial charge >= 0.3 is 0 Å². The van der Waals surface area contributed by atoms with E-state index in [1.807, 2.05) is 61.5 Å². The molecule has 1 fully saturated rings. The number of para-hydroxylation sites is 1. The van der Waals surface area contributed by atoms with Crippen LogP contribution in [0.3, 0.4) is 0 Å². The van der Waals surface area contributed by atoms with Crippen molar-refractivity contribution in [2.45, 2.75) is 25.8 Å². The lowest BCUT2D eigenvalue weighted by molar-refractivity contribution is -0.134. The number of likely N-dealkylation sites (tertiary alicyclic amines) is 1. The normalized spacial score (nSPS) is 15.8. The number of ether oxygens (including phenoxy) is 1. The predicted molar refractivity (Wildman–Crippen MR) is 115 cm³/mol. The molecule has 1 saturated heterocycles. The second-order valence-electron chi connectivity index (χ2n) is 7.11. The molecule has 7 nitrogen and oxygen atoms in total. The first kappa shape index (κ1) is 20.0. The van der Waals surface area contributed by atoms with Crippen molar-refractivity contribution in [1.29, 1.82) is 0 Å². The maximum atomic E-state index is 12.7. The Kier molecular flexibility index (Phi) is 6.04. The topological polar surface area (TPSA) is 84.4 Å². The largest absolute Gasteiger partial charge is 0.484 e. The van der Waals surface area contributed by atoms with Crippen molar-refractivity contribution in [2.75, 3.05) is 18.5 Å². The molecule has 8 heteroatoms. The lowest BCUT2D eigenvalue weighted by Gasteiger charge is -2.22. The molecule has 1 aromatic heterocycles. The Morgan fingerprint density at radius 2 is 1.90 bits per heavy atom. The third-order valence-electron chi connectivity index (χ3n) is 4.91. The monoisotopic (exact) mass is 422 g/mol. The summed E-state index contributed by atoms with van der Waals surface area (Å²) in [6, 6.07) is 16.6. The van der Waals surface area contributed by atoms with Crippen molar-refractivity contribution in [1.82, 2.24) is 15.1 Å². The molecule has 0 bridgehead atoms. The van der Waals surface area contributed by atoms with Gasteiger partial charge in [0.1, 0.15) is 10.8 Å². The molecule has 2 amide bonds. The highest BCUT2D eigenvalue weighted by Gasteiger charge is 2.33. The van der Waals surface area contributed by atoms with Crippen LogP contribution in [0.4, 0.5) is 5.69 Å². The van der Waals surface area contributed by atoms with Crippen molar-refractivity contribution in [3.05, 3.63) is 70.2 Å². The minimum Gasteiger partial charge on any atom is -0.484 e. The smallest absolute Gasteiger partial charge is 0.286 e. The fourth-order valence-electron chi connectivity index (χ4n) is 3.35. The summed E-state index contributed by atoms with van der Waals surface area (Å²) in [5, 5.41) is 12.0.